The molecule has 1 aromatic carbocycles. The van der Waals surface area contributed by atoms with Gasteiger partial charge in [0.1, 0.15) is 5.75 Å². The van der Waals surface area contributed by atoms with Gasteiger partial charge in [0, 0.05) is 16.3 Å². The molecule has 1 aliphatic rings. The van der Waals surface area contributed by atoms with E-state index in [-0.39, 0.29) is 18.8 Å². The smallest absolute Gasteiger partial charge is 0.303 e. The lowest BCUT2D eigenvalue weighted by atomic mass is 9.91. The van der Waals surface area contributed by atoms with Gasteiger partial charge in [-0.15, -0.1) is 11.6 Å². The Hall–Kier alpha value is -1.56. The van der Waals surface area contributed by atoms with Crippen LogP contribution >= 0.6 is 23.2 Å². The average Bonchev–Trinajstić information content (AvgIpc) is 2.76. The molecule has 0 heterocycles. The van der Waals surface area contributed by atoms with Crippen molar-refractivity contribution in [1.29, 1.82) is 0 Å². The fraction of sp³-hybridized carbons (Fsp3) is 0.412. The molecule has 1 saturated carbocycles. The summed E-state index contributed by atoms with van der Waals surface area (Å²) in [6.07, 6.45) is 2.25. The highest BCUT2D eigenvalue weighted by Crippen LogP contribution is 2.39. The summed E-state index contributed by atoms with van der Waals surface area (Å²) in [5.74, 6) is -1.66. The molecule has 1 fully saturated rings. The Morgan fingerprint density at radius 1 is 1.38 bits per heavy atom. The summed E-state index contributed by atoms with van der Waals surface area (Å²) in [5, 5.41) is 19.0. The van der Waals surface area contributed by atoms with Gasteiger partial charge in [-0.2, -0.15) is 0 Å². The molecular formula is C17H18Cl2O5. The van der Waals surface area contributed by atoms with Crippen molar-refractivity contribution < 1.29 is 24.5 Å². The molecule has 5 nitrogen and oxygen atoms in total. The largest absolute Gasteiger partial charge is 0.485 e. The van der Waals surface area contributed by atoms with Crippen LogP contribution < -0.4 is 4.74 Å². The Balaban J connectivity index is 1.92. The number of halogens is 2. The third kappa shape index (κ3) is 5.23. The first-order valence-electron chi connectivity index (χ1n) is 7.50. The molecule has 0 radical (unpaired) electrons. The van der Waals surface area contributed by atoms with Crippen LogP contribution in [0, 0.1) is 11.8 Å². The normalized spacial score (nSPS) is 26.6. The Morgan fingerprint density at radius 3 is 2.79 bits per heavy atom. The number of carbonyl (C=O) groups is 2. The molecule has 2 rings (SSSR count). The van der Waals surface area contributed by atoms with Gasteiger partial charge in [0.2, 0.25) is 0 Å². The third-order valence-corrected chi connectivity index (χ3v) is 4.70. The summed E-state index contributed by atoms with van der Waals surface area (Å²) in [6, 6.07) is 6.69. The first kappa shape index (κ1) is 18.8. The second kappa shape index (κ2) is 8.51. The molecule has 0 bridgehead atoms. The molecule has 130 valence electrons. The molecule has 0 spiro atoms. The van der Waals surface area contributed by atoms with Crippen LogP contribution in [-0.4, -0.2) is 40.1 Å². The average molecular weight is 373 g/mol. The van der Waals surface area contributed by atoms with Crippen LogP contribution in [0.15, 0.2) is 36.4 Å². The molecule has 1 aliphatic carbocycles. The maximum absolute atomic E-state index is 11.9. The van der Waals surface area contributed by atoms with Gasteiger partial charge in [0.05, 0.1) is 12.5 Å². The topological polar surface area (TPSA) is 83.8 Å². The van der Waals surface area contributed by atoms with Gasteiger partial charge in [-0.25, -0.2) is 0 Å². The van der Waals surface area contributed by atoms with Gasteiger partial charge in [0.25, 0.3) is 0 Å². The number of ketones is 1. The van der Waals surface area contributed by atoms with Crippen molar-refractivity contribution in [3.63, 3.8) is 0 Å². The van der Waals surface area contributed by atoms with Crippen LogP contribution in [0.1, 0.15) is 12.8 Å². The monoisotopic (exact) mass is 372 g/mol. The third-order valence-electron chi connectivity index (χ3n) is 3.96. The highest BCUT2D eigenvalue weighted by molar-refractivity contribution is 6.30. The van der Waals surface area contributed by atoms with Gasteiger partial charge in [-0.05, 0) is 36.6 Å². The zero-order valence-corrected chi connectivity index (χ0v) is 14.3. The second-order valence-corrected chi connectivity index (χ2v) is 6.73. The number of carboxylic acid groups (broad SMARTS) is 1. The first-order chi connectivity index (χ1) is 11.4. The minimum absolute atomic E-state index is 0.145. The number of benzene rings is 1. The van der Waals surface area contributed by atoms with Crippen LogP contribution in [-0.2, 0) is 9.59 Å². The SMILES string of the molecule is O=C(O)C[C@H]1[C@H](C=CC(=O)COc2cccc(Cl)c2)[C@@H](O)C[C@@H]1Cl. The quantitative estimate of drug-likeness (QED) is 0.567. The molecule has 4 atom stereocenters. The summed E-state index contributed by atoms with van der Waals surface area (Å²) in [7, 11) is 0. The van der Waals surface area contributed by atoms with Crippen molar-refractivity contribution in [1.82, 2.24) is 0 Å². The number of aliphatic carboxylic acids is 1. The fourth-order valence-corrected chi connectivity index (χ4v) is 3.42. The highest BCUT2D eigenvalue weighted by atomic mass is 35.5. The zero-order valence-electron chi connectivity index (χ0n) is 12.8. The van der Waals surface area contributed by atoms with Gasteiger partial charge >= 0.3 is 5.97 Å². The maximum atomic E-state index is 11.9. The number of hydrogen-bond donors (Lipinski definition) is 2. The van der Waals surface area contributed by atoms with Gasteiger partial charge in [-0.3, -0.25) is 9.59 Å². The Morgan fingerprint density at radius 2 is 2.12 bits per heavy atom. The number of carboxylic acids is 1. The molecule has 24 heavy (non-hydrogen) atoms. The van der Waals surface area contributed by atoms with Gasteiger partial charge < -0.3 is 14.9 Å². The van der Waals surface area contributed by atoms with Gasteiger partial charge in [0.15, 0.2) is 12.4 Å². The Kier molecular flexibility index (Phi) is 6.66. The molecule has 1 aromatic rings. The van der Waals surface area contributed by atoms with Crippen molar-refractivity contribution in [3.05, 3.63) is 41.4 Å². The van der Waals surface area contributed by atoms with E-state index in [9.17, 15) is 14.7 Å². The number of ether oxygens (including phenoxy) is 1. The molecule has 0 aliphatic heterocycles. The fourth-order valence-electron chi connectivity index (χ4n) is 2.80. The maximum Gasteiger partial charge on any atom is 0.303 e. The van der Waals surface area contributed by atoms with E-state index < -0.39 is 29.3 Å². The summed E-state index contributed by atoms with van der Waals surface area (Å²) >= 11 is 11.9. The Bertz CT molecular complexity index is 631. The standard InChI is InChI=1S/C17H18Cl2O5/c18-10-2-1-3-12(6-10)24-9-11(20)4-5-13-14(7-17(22)23)15(19)8-16(13)21/h1-6,13-16,21H,7-9H2,(H,22,23)/t13-,14-,15-,16-/m0/s1. The summed E-state index contributed by atoms with van der Waals surface area (Å²) in [4.78, 5) is 22.8. The number of rotatable bonds is 7. The second-order valence-electron chi connectivity index (χ2n) is 5.73. The van der Waals surface area contributed by atoms with Crippen LogP contribution in [0.5, 0.6) is 5.75 Å². The lowest BCUT2D eigenvalue weighted by Gasteiger charge is -2.18. The summed E-state index contributed by atoms with van der Waals surface area (Å²) in [6.45, 7) is -0.173. The van der Waals surface area contributed by atoms with Crippen LogP contribution in [0.4, 0.5) is 0 Å². The predicted octanol–water partition coefficient (Wildman–Crippen LogP) is 2.92. The van der Waals surface area contributed by atoms with Crippen molar-refractivity contribution in [2.75, 3.05) is 6.61 Å². The van der Waals surface area contributed by atoms with Crippen molar-refractivity contribution in [3.8, 4) is 5.75 Å². The minimum atomic E-state index is -0.978. The van der Waals surface area contributed by atoms with E-state index in [1.807, 2.05) is 0 Å². The van der Waals surface area contributed by atoms with E-state index in [2.05, 4.69) is 0 Å². The van der Waals surface area contributed by atoms with E-state index in [0.717, 1.165) is 0 Å². The minimum Gasteiger partial charge on any atom is -0.485 e. The summed E-state index contributed by atoms with van der Waals surface area (Å²) in [5.41, 5.74) is 0. The van der Waals surface area contributed by atoms with Crippen LogP contribution in [0.3, 0.4) is 0 Å². The van der Waals surface area contributed by atoms with Crippen molar-refractivity contribution in [2.45, 2.75) is 24.3 Å². The zero-order chi connectivity index (χ0) is 17.7. The number of hydrogen-bond acceptors (Lipinski definition) is 4. The number of alkyl halides is 1. The Labute approximate surface area is 149 Å². The van der Waals surface area contributed by atoms with E-state index in [0.29, 0.717) is 17.2 Å². The highest BCUT2D eigenvalue weighted by Gasteiger charge is 2.41. The molecule has 7 heteroatoms. The molecule has 0 amide bonds. The lowest BCUT2D eigenvalue weighted by Crippen LogP contribution is -2.22. The van der Waals surface area contributed by atoms with E-state index in [1.54, 1.807) is 24.3 Å². The molecular weight excluding hydrogens is 355 g/mol. The number of aliphatic hydroxyl groups is 1. The number of carbonyl (C=O) groups excluding carboxylic acids is 1. The molecule has 0 saturated heterocycles. The van der Waals surface area contributed by atoms with Gasteiger partial charge in [-0.1, -0.05) is 23.7 Å². The molecule has 2 N–H and O–H groups in total. The lowest BCUT2D eigenvalue weighted by molar-refractivity contribution is -0.138. The van der Waals surface area contributed by atoms with E-state index in [1.165, 1.54) is 12.2 Å². The predicted molar refractivity (Wildman–Crippen MR) is 90.6 cm³/mol. The molecule has 0 unspecified atom stereocenters. The van der Waals surface area contributed by atoms with Crippen LogP contribution in [0.2, 0.25) is 5.02 Å². The summed E-state index contributed by atoms with van der Waals surface area (Å²) < 4.78 is 5.34. The molecule has 0 aromatic heterocycles. The van der Waals surface area contributed by atoms with Crippen molar-refractivity contribution in [2.24, 2.45) is 11.8 Å². The van der Waals surface area contributed by atoms with E-state index in [4.69, 9.17) is 33.0 Å². The number of aliphatic hydroxyl groups excluding tert-OH is 1. The first-order valence-corrected chi connectivity index (χ1v) is 8.31. The van der Waals surface area contributed by atoms with Crippen LogP contribution in [0.25, 0.3) is 0 Å². The van der Waals surface area contributed by atoms with Crippen molar-refractivity contribution >= 4 is 35.0 Å². The van der Waals surface area contributed by atoms with E-state index >= 15 is 0 Å².